The Kier molecular flexibility index (Phi) is 13.4. The minimum Gasteiger partial charge on any atom is -0.481 e. The first-order valence-electron chi connectivity index (χ1n) is 15.2. The van der Waals surface area contributed by atoms with Gasteiger partial charge in [0.05, 0.1) is 18.4 Å². The molecule has 0 unspecified atom stereocenters. The van der Waals surface area contributed by atoms with Crippen LogP contribution in [0.15, 0.2) is 30.5 Å². The topological polar surface area (TPSA) is 343 Å². The van der Waals surface area contributed by atoms with Crippen molar-refractivity contribution in [2.45, 2.75) is 63.2 Å². The number of nitrogen functional groups attached to an aromatic ring is 2. The maximum Gasteiger partial charge on any atom is 0.326 e. The number of rotatable bonds is 19. The van der Waals surface area contributed by atoms with Gasteiger partial charge in [0.1, 0.15) is 18.1 Å². The second-order valence-electron chi connectivity index (χ2n) is 11.2. The number of amides is 3. The molecule has 0 radical (unpaired) electrons. The van der Waals surface area contributed by atoms with E-state index in [4.69, 9.17) is 21.7 Å². The third-order valence-corrected chi connectivity index (χ3v) is 7.31. The number of carbonyl (C=O) groups excluding carboxylic acids is 3. The van der Waals surface area contributed by atoms with E-state index >= 15 is 0 Å². The minimum absolute atomic E-state index is 0.0294. The Labute approximate surface area is 288 Å². The molecule has 3 atom stereocenters. The average molecular weight is 713 g/mol. The van der Waals surface area contributed by atoms with Gasteiger partial charge in [-0.2, -0.15) is 9.97 Å². The van der Waals surface area contributed by atoms with Crippen LogP contribution in [0.1, 0.15) is 54.6 Å². The van der Waals surface area contributed by atoms with Gasteiger partial charge < -0.3 is 52.7 Å². The van der Waals surface area contributed by atoms with E-state index in [0.29, 0.717) is 16.9 Å². The summed E-state index contributed by atoms with van der Waals surface area (Å²) < 4.78 is 0. The highest BCUT2D eigenvalue weighted by atomic mass is 16.4. The second kappa shape index (κ2) is 17.6. The SMILES string of the molecule is CN(Cc1cnc2nc(N)nc(N)c2n1)c1ccc(C(=O)N[C@H](CCC(=O)N[C@@H](CCC(=O)N[C@@H](CCC(=O)O)C(=O)O)C(=O)O)C(=O)O)cc1. The summed E-state index contributed by atoms with van der Waals surface area (Å²) in [6.45, 7) is 0.289. The molecule has 2 heterocycles. The first kappa shape index (κ1) is 38.8. The Hall–Kier alpha value is -6.67. The van der Waals surface area contributed by atoms with Crippen molar-refractivity contribution in [1.82, 2.24) is 35.9 Å². The summed E-state index contributed by atoms with van der Waals surface area (Å²) in [6, 6.07) is 1.56. The number of benzene rings is 1. The van der Waals surface area contributed by atoms with E-state index in [1.807, 2.05) is 0 Å². The number of aromatic nitrogens is 4. The fraction of sp³-hybridized carbons (Fsp3) is 0.367. The van der Waals surface area contributed by atoms with Crippen molar-refractivity contribution in [2.24, 2.45) is 0 Å². The number of nitrogens with zero attached hydrogens (tertiary/aromatic N) is 5. The van der Waals surface area contributed by atoms with Crippen LogP contribution in [0, 0.1) is 0 Å². The fourth-order valence-corrected chi connectivity index (χ4v) is 4.63. The van der Waals surface area contributed by atoms with Gasteiger partial charge in [0.2, 0.25) is 17.8 Å². The summed E-state index contributed by atoms with van der Waals surface area (Å²) in [5, 5.41) is 43.6. The molecule has 11 N–H and O–H groups in total. The number of carbonyl (C=O) groups is 7. The van der Waals surface area contributed by atoms with Crippen LogP contribution in [0.25, 0.3) is 11.2 Å². The highest BCUT2D eigenvalue weighted by Crippen LogP contribution is 2.19. The number of nitrogens with one attached hydrogen (secondary N) is 3. The smallest absolute Gasteiger partial charge is 0.326 e. The van der Waals surface area contributed by atoms with Crippen LogP contribution in [0.4, 0.5) is 17.5 Å². The summed E-state index contributed by atoms with van der Waals surface area (Å²) in [6.07, 6.45) is -1.29. The summed E-state index contributed by atoms with van der Waals surface area (Å²) in [5.74, 6) is -8.15. The number of carboxylic acids is 4. The number of nitrogens with two attached hydrogens (primary N) is 2. The van der Waals surface area contributed by atoms with E-state index in [9.17, 15) is 43.8 Å². The normalized spacial score (nSPS) is 12.6. The van der Waals surface area contributed by atoms with Gasteiger partial charge in [-0.25, -0.2) is 24.4 Å². The maximum absolute atomic E-state index is 12.8. The van der Waals surface area contributed by atoms with E-state index in [0.717, 1.165) is 0 Å². The van der Waals surface area contributed by atoms with E-state index in [-0.39, 0.29) is 29.5 Å². The van der Waals surface area contributed by atoms with Crippen LogP contribution in [0.3, 0.4) is 0 Å². The fourth-order valence-electron chi connectivity index (χ4n) is 4.63. The molecular weight excluding hydrogens is 676 g/mol. The Bertz CT molecular complexity index is 1810. The Morgan fingerprint density at radius 2 is 1.24 bits per heavy atom. The Morgan fingerprint density at radius 1 is 0.725 bits per heavy atom. The third-order valence-electron chi connectivity index (χ3n) is 7.31. The Morgan fingerprint density at radius 3 is 1.75 bits per heavy atom. The monoisotopic (exact) mass is 712 g/mol. The van der Waals surface area contributed by atoms with Gasteiger partial charge in [-0.05, 0) is 43.5 Å². The molecule has 21 heteroatoms. The summed E-state index contributed by atoms with van der Waals surface area (Å²) in [4.78, 5) is 101. The molecule has 3 aromatic rings. The lowest BCUT2D eigenvalue weighted by atomic mass is 10.1. The van der Waals surface area contributed by atoms with E-state index < -0.39 is 98.2 Å². The van der Waals surface area contributed by atoms with Crippen LogP contribution < -0.4 is 32.3 Å². The van der Waals surface area contributed by atoms with Crippen molar-refractivity contribution < 1.29 is 54.0 Å². The lowest BCUT2D eigenvalue weighted by Crippen LogP contribution is -2.45. The molecule has 272 valence electrons. The highest BCUT2D eigenvalue weighted by Gasteiger charge is 2.26. The molecule has 21 nitrogen and oxygen atoms in total. The van der Waals surface area contributed by atoms with Crippen molar-refractivity contribution >= 4 is 70.2 Å². The summed E-state index contributed by atoms with van der Waals surface area (Å²) in [7, 11) is 1.76. The van der Waals surface area contributed by atoms with Crippen molar-refractivity contribution in [3.8, 4) is 0 Å². The number of hydrogen-bond acceptors (Lipinski definition) is 14. The number of aliphatic carboxylic acids is 4. The zero-order chi connectivity index (χ0) is 37.8. The quantitative estimate of drug-likeness (QED) is 0.0717. The minimum atomic E-state index is -1.58. The van der Waals surface area contributed by atoms with Crippen molar-refractivity contribution in [2.75, 3.05) is 23.4 Å². The van der Waals surface area contributed by atoms with Crippen LogP contribution in [-0.4, -0.2) is 107 Å². The molecule has 0 aliphatic heterocycles. The average Bonchev–Trinajstić information content (AvgIpc) is 3.06. The zero-order valence-electron chi connectivity index (χ0n) is 27.1. The molecule has 2 aromatic heterocycles. The molecule has 51 heavy (non-hydrogen) atoms. The molecule has 3 rings (SSSR count). The highest BCUT2D eigenvalue weighted by molar-refractivity contribution is 5.97. The lowest BCUT2D eigenvalue weighted by molar-refractivity contribution is -0.144. The van der Waals surface area contributed by atoms with E-state index in [1.165, 1.54) is 18.3 Å². The van der Waals surface area contributed by atoms with Gasteiger partial charge in [0.15, 0.2) is 17.0 Å². The van der Waals surface area contributed by atoms with Crippen LogP contribution >= 0.6 is 0 Å². The van der Waals surface area contributed by atoms with E-state index in [1.54, 1.807) is 24.1 Å². The number of carboxylic acid groups (broad SMARTS) is 4. The molecule has 0 fully saturated rings. The van der Waals surface area contributed by atoms with Gasteiger partial charge in [0, 0.05) is 37.6 Å². The van der Waals surface area contributed by atoms with Crippen molar-refractivity contribution in [3.63, 3.8) is 0 Å². The standard InChI is InChI=1S/C30H36N10O11/c1-40(13-15-12-33-25-23(34-15)24(31)38-30(32)39-25)16-4-2-14(3-5-16)26(45)37-19(29(50)51)7-10-21(42)35-17(27(46)47)6-9-20(41)36-18(28(48)49)8-11-22(43)44/h2-5,12,17-19H,6-11,13H2,1H3,(H,35,42)(H,36,41)(H,37,45)(H,43,44)(H,46,47)(H,48,49)(H,50,51)(H4,31,32,33,38,39)/t17-,18-,19+/m0/s1. The van der Waals surface area contributed by atoms with E-state index in [2.05, 4.69) is 35.9 Å². The molecule has 1 aromatic carbocycles. The number of fused-ring (bicyclic) bond motifs is 1. The van der Waals surface area contributed by atoms with Gasteiger partial charge in [0.25, 0.3) is 5.91 Å². The first-order chi connectivity index (χ1) is 24.0. The molecule has 0 spiro atoms. The zero-order valence-corrected chi connectivity index (χ0v) is 27.1. The van der Waals surface area contributed by atoms with Gasteiger partial charge in [-0.3, -0.25) is 19.2 Å². The molecule has 0 saturated carbocycles. The van der Waals surface area contributed by atoms with Crippen molar-refractivity contribution in [3.05, 3.63) is 41.7 Å². The van der Waals surface area contributed by atoms with Crippen LogP contribution in [0.5, 0.6) is 0 Å². The first-order valence-corrected chi connectivity index (χ1v) is 15.2. The second-order valence-corrected chi connectivity index (χ2v) is 11.2. The predicted molar refractivity (Wildman–Crippen MR) is 176 cm³/mol. The molecule has 0 aliphatic carbocycles. The molecule has 0 saturated heterocycles. The summed E-state index contributed by atoms with van der Waals surface area (Å²) in [5.41, 5.74) is 13.3. The Balaban J connectivity index is 1.52. The van der Waals surface area contributed by atoms with Gasteiger partial charge >= 0.3 is 23.9 Å². The van der Waals surface area contributed by atoms with Crippen molar-refractivity contribution in [1.29, 1.82) is 0 Å². The molecule has 0 bridgehead atoms. The number of anilines is 3. The molecule has 3 amide bonds. The lowest BCUT2D eigenvalue weighted by Gasteiger charge is -2.20. The largest absolute Gasteiger partial charge is 0.481 e. The maximum atomic E-state index is 12.8. The van der Waals surface area contributed by atoms with Gasteiger partial charge in [-0.1, -0.05) is 0 Å². The van der Waals surface area contributed by atoms with Crippen LogP contribution in [-0.2, 0) is 35.3 Å². The third kappa shape index (κ3) is 11.8. The summed E-state index contributed by atoms with van der Waals surface area (Å²) >= 11 is 0. The van der Waals surface area contributed by atoms with Crippen LogP contribution in [0.2, 0.25) is 0 Å². The molecule has 0 aliphatic rings. The number of hydrogen-bond donors (Lipinski definition) is 9. The predicted octanol–water partition coefficient (Wildman–Crippen LogP) is -1.03. The molecular formula is C30H36N10O11. The van der Waals surface area contributed by atoms with Gasteiger partial charge in [-0.15, -0.1) is 0 Å².